The van der Waals surface area contributed by atoms with Gasteiger partial charge in [0.25, 0.3) is 0 Å². The molecule has 0 atom stereocenters. The van der Waals surface area contributed by atoms with Gasteiger partial charge >= 0.3 is 18.3 Å². The van der Waals surface area contributed by atoms with E-state index >= 15 is 0 Å². The molecule has 0 spiro atoms. The molecule has 10 nitrogen and oxygen atoms in total. The third kappa shape index (κ3) is 8.35. The van der Waals surface area contributed by atoms with Crippen LogP contribution in [0.3, 0.4) is 0 Å². The number of rotatable bonds is 6. The van der Waals surface area contributed by atoms with Gasteiger partial charge in [-0.25, -0.2) is 32.9 Å². The van der Waals surface area contributed by atoms with Crippen molar-refractivity contribution in [2.75, 3.05) is 17.7 Å². The maximum absolute atomic E-state index is 12.6. The molecule has 3 aromatic rings. The van der Waals surface area contributed by atoms with Crippen molar-refractivity contribution in [1.29, 1.82) is 0 Å². The lowest BCUT2D eigenvalue weighted by atomic mass is 10.3. The van der Waals surface area contributed by atoms with Gasteiger partial charge in [-0.05, 0) is 37.4 Å². The minimum atomic E-state index is -5.08. The number of alkyl halides is 6. The molecule has 0 saturated carbocycles. The molecule has 0 aliphatic carbocycles. The molecule has 194 valence electrons. The summed E-state index contributed by atoms with van der Waals surface area (Å²) in [6.07, 6.45) is -7.59. The summed E-state index contributed by atoms with van der Waals surface area (Å²) in [5.74, 6) is -1.96. The standard InChI is InChI=1S/C17H15F3N6O2S.C2HF3O2/c1-21-29(27,28)13-4-2-3-12(7-13)25-15-8-16(24-10-23-15)26-14-6-5-11(9-22-14)17(18,19)20;3-2(4,5)1(6)7/h2-10,21H,1H3,(H2,22,23,24,25,26);(H,6,7). The summed E-state index contributed by atoms with van der Waals surface area (Å²) in [5, 5.41) is 12.8. The Hall–Kier alpha value is -3.99. The number of carbonyl (C=O) groups is 1. The van der Waals surface area contributed by atoms with Crippen LogP contribution in [0, 0.1) is 0 Å². The number of pyridine rings is 1. The van der Waals surface area contributed by atoms with Gasteiger partial charge < -0.3 is 15.7 Å². The largest absolute Gasteiger partial charge is 0.490 e. The summed E-state index contributed by atoms with van der Waals surface area (Å²) >= 11 is 0. The lowest BCUT2D eigenvalue weighted by molar-refractivity contribution is -0.192. The number of benzene rings is 1. The van der Waals surface area contributed by atoms with Gasteiger partial charge in [0.2, 0.25) is 10.0 Å². The van der Waals surface area contributed by atoms with Gasteiger partial charge in [0.05, 0.1) is 10.5 Å². The first kappa shape index (κ1) is 28.2. The Morgan fingerprint density at radius 1 is 0.889 bits per heavy atom. The molecule has 1 aromatic carbocycles. The molecule has 4 N–H and O–H groups in total. The van der Waals surface area contributed by atoms with Crippen LogP contribution in [0.5, 0.6) is 0 Å². The van der Waals surface area contributed by atoms with Crippen molar-refractivity contribution in [3.63, 3.8) is 0 Å². The SMILES string of the molecule is CNS(=O)(=O)c1cccc(Nc2cc(Nc3ccc(C(F)(F)F)cn3)ncn2)c1.O=C(O)C(F)(F)F. The molecular weight excluding hydrogens is 522 g/mol. The highest BCUT2D eigenvalue weighted by Crippen LogP contribution is 2.29. The predicted molar refractivity (Wildman–Crippen MR) is 114 cm³/mol. The third-order valence-corrected chi connectivity index (χ3v) is 5.35. The Bertz CT molecular complexity index is 1300. The van der Waals surface area contributed by atoms with E-state index in [2.05, 4.69) is 30.3 Å². The van der Waals surface area contributed by atoms with E-state index in [0.717, 1.165) is 12.3 Å². The molecule has 17 heteroatoms. The van der Waals surface area contributed by atoms with Gasteiger partial charge in [0, 0.05) is 18.0 Å². The van der Waals surface area contributed by atoms with E-state index in [1.54, 1.807) is 12.1 Å². The van der Waals surface area contributed by atoms with E-state index in [1.165, 1.54) is 37.6 Å². The normalized spacial score (nSPS) is 11.8. The van der Waals surface area contributed by atoms with Crippen molar-refractivity contribution >= 4 is 39.1 Å². The van der Waals surface area contributed by atoms with E-state index in [0.29, 0.717) is 11.5 Å². The zero-order valence-corrected chi connectivity index (χ0v) is 18.7. The van der Waals surface area contributed by atoms with E-state index in [4.69, 9.17) is 9.90 Å². The number of halogens is 6. The van der Waals surface area contributed by atoms with Crippen molar-refractivity contribution in [2.24, 2.45) is 0 Å². The van der Waals surface area contributed by atoms with Crippen molar-refractivity contribution in [3.8, 4) is 0 Å². The molecule has 0 radical (unpaired) electrons. The topological polar surface area (TPSA) is 146 Å². The Labute approximate surface area is 199 Å². The van der Waals surface area contributed by atoms with E-state index in [9.17, 15) is 34.8 Å². The van der Waals surface area contributed by atoms with Crippen LogP contribution in [0.1, 0.15) is 5.56 Å². The van der Waals surface area contributed by atoms with Gasteiger partial charge in [0.1, 0.15) is 23.8 Å². The van der Waals surface area contributed by atoms with Crippen molar-refractivity contribution < 1.29 is 44.7 Å². The molecular formula is C19H16F6N6O4S. The van der Waals surface area contributed by atoms with Gasteiger partial charge in [-0.3, -0.25) is 0 Å². The van der Waals surface area contributed by atoms with Crippen LogP contribution in [0.2, 0.25) is 0 Å². The Balaban J connectivity index is 0.000000572. The molecule has 0 fully saturated rings. The van der Waals surface area contributed by atoms with E-state index < -0.39 is 33.9 Å². The maximum Gasteiger partial charge on any atom is 0.490 e. The molecule has 2 aromatic heterocycles. The maximum atomic E-state index is 12.6. The number of nitrogens with zero attached hydrogens (tertiary/aromatic N) is 3. The average Bonchev–Trinajstić information content (AvgIpc) is 2.79. The van der Waals surface area contributed by atoms with Crippen LogP contribution in [0.15, 0.2) is 59.9 Å². The zero-order valence-electron chi connectivity index (χ0n) is 17.9. The fourth-order valence-electron chi connectivity index (χ4n) is 2.27. The van der Waals surface area contributed by atoms with Crippen LogP contribution in [0.4, 0.5) is 49.5 Å². The molecule has 2 heterocycles. The smallest absolute Gasteiger partial charge is 0.475 e. The molecule has 0 amide bonds. The third-order valence-electron chi connectivity index (χ3n) is 3.94. The Morgan fingerprint density at radius 3 is 2.00 bits per heavy atom. The highest BCUT2D eigenvalue weighted by Gasteiger charge is 2.38. The Kier molecular flexibility index (Phi) is 8.76. The zero-order chi connectivity index (χ0) is 27.1. The first-order valence-corrected chi connectivity index (χ1v) is 10.8. The first-order chi connectivity index (χ1) is 16.6. The predicted octanol–water partition coefficient (Wildman–Crippen LogP) is 3.92. The molecule has 0 bridgehead atoms. The Morgan fingerprint density at radius 2 is 1.50 bits per heavy atom. The summed E-state index contributed by atoms with van der Waals surface area (Å²) < 4.78 is 95.6. The first-order valence-electron chi connectivity index (χ1n) is 9.35. The molecule has 0 saturated heterocycles. The second-order valence-electron chi connectivity index (χ2n) is 6.51. The number of aliphatic carboxylic acids is 1. The number of hydrogen-bond acceptors (Lipinski definition) is 8. The molecule has 36 heavy (non-hydrogen) atoms. The molecule has 0 aliphatic heterocycles. The summed E-state index contributed by atoms with van der Waals surface area (Å²) in [7, 11) is -2.29. The molecule has 3 rings (SSSR count). The number of sulfonamides is 1. The van der Waals surface area contributed by atoms with Crippen LogP contribution in [-0.2, 0) is 21.0 Å². The fraction of sp³-hybridized carbons (Fsp3) is 0.158. The van der Waals surface area contributed by atoms with Gasteiger partial charge in [-0.15, -0.1) is 0 Å². The number of carboxylic acid groups (broad SMARTS) is 1. The van der Waals surface area contributed by atoms with Crippen molar-refractivity contribution in [3.05, 3.63) is 60.6 Å². The van der Waals surface area contributed by atoms with E-state index in [-0.39, 0.29) is 16.5 Å². The highest BCUT2D eigenvalue weighted by atomic mass is 32.2. The van der Waals surface area contributed by atoms with Crippen LogP contribution >= 0.6 is 0 Å². The minimum absolute atomic E-state index is 0.0753. The second kappa shape index (κ2) is 11.2. The molecule has 0 aliphatic rings. The average molecular weight is 538 g/mol. The number of hydrogen-bond donors (Lipinski definition) is 4. The number of nitrogens with one attached hydrogen (secondary N) is 3. The lowest BCUT2D eigenvalue weighted by Crippen LogP contribution is -2.21. The lowest BCUT2D eigenvalue weighted by Gasteiger charge is -2.10. The number of carboxylic acids is 1. The number of anilines is 4. The minimum Gasteiger partial charge on any atom is -0.475 e. The van der Waals surface area contributed by atoms with Crippen molar-refractivity contribution in [1.82, 2.24) is 19.7 Å². The molecule has 0 unspecified atom stereocenters. The number of aromatic nitrogens is 3. The quantitative estimate of drug-likeness (QED) is 0.343. The summed E-state index contributed by atoms with van der Waals surface area (Å²) in [5.41, 5.74) is -0.386. The summed E-state index contributed by atoms with van der Waals surface area (Å²) in [4.78, 5) is 20.7. The summed E-state index contributed by atoms with van der Waals surface area (Å²) in [6.45, 7) is 0. The monoisotopic (exact) mass is 538 g/mol. The van der Waals surface area contributed by atoms with Crippen LogP contribution in [0.25, 0.3) is 0 Å². The van der Waals surface area contributed by atoms with Crippen molar-refractivity contribution in [2.45, 2.75) is 17.2 Å². The second-order valence-corrected chi connectivity index (χ2v) is 8.39. The fourth-order valence-corrected chi connectivity index (χ4v) is 3.04. The highest BCUT2D eigenvalue weighted by molar-refractivity contribution is 7.89. The van der Waals surface area contributed by atoms with E-state index in [1.807, 2.05) is 0 Å². The van der Waals surface area contributed by atoms with Gasteiger partial charge in [-0.2, -0.15) is 26.3 Å². The van der Waals surface area contributed by atoms with Gasteiger partial charge in [0.15, 0.2) is 0 Å². The van der Waals surface area contributed by atoms with Gasteiger partial charge in [-0.1, -0.05) is 6.07 Å². The van der Waals surface area contributed by atoms with Crippen LogP contribution in [-0.4, -0.2) is 47.7 Å². The van der Waals surface area contributed by atoms with Crippen LogP contribution < -0.4 is 15.4 Å². The summed E-state index contributed by atoms with van der Waals surface area (Å²) in [6, 6.07) is 9.69.